The Labute approximate surface area is 189 Å². The van der Waals surface area contributed by atoms with Gasteiger partial charge in [0.15, 0.2) is 11.5 Å². The van der Waals surface area contributed by atoms with Crippen LogP contribution >= 0.6 is 11.3 Å². The van der Waals surface area contributed by atoms with E-state index in [1.807, 2.05) is 0 Å². The third-order valence-electron chi connectivity index (χ3n) is 3.55. The number of nitrogens with one attached hydrogen (secondary N) is 1. The fourth-order valence-electron chi connectivity index (χ4n) is 2.38. The molecule has 0 bridgehead atoms. The van der Waals surface area contributed by atoms with Crippen molar-refractivity contribution in [2.75, 3.05) is 24.4 Å². The molecule has 172 valence electrons. The Bertz CT molecular complexity index is 1290. The van der Waals surface area contributed by atoms with E-state index in [0.29, 0.717) is 16.9 Å². The molecule has 0 aliphatic heterocycles. The molecule has 0 saturated carbocycles. The number of carbonyl (C=O) groups is 1. The van der Waals surface area contributed by atoms with Crippen LogP contribution in [-0.4, -0.2) is 52.1 Å². The summed E-state index contributed by atoms with van der Waals surface area (Å²) < 4.78 is 56.8. The van der Waals surface area contributed by atoms with Crippen molar-refractivity contribution in [3.8, 4) is 17.6 Å². The number of methoxy groups -OCH3 is 1. The summed E-state index contributed by atoms with van der Waals surface area (Å²) >= 11 is 0.685. The van der Waals surface area contributed by atoms with Gasteiger partial charge in [0, 0.05) is 0 Å². The zero-order valence-electron chi connectivity index (χ0n) is 17.5. The van der Waals surface area contributed by atoms with E-state index in [2.05, 4.69) is 15.5 Å². The molecule has 0 spiro atoms. The lowest BCUT2D eigenvalue weighted by atomic mass is 10.1. The number of amides is 1. The van der Waals surface area contributed by atoms with Gasteiger partial charge in [0.05, 0.1) is 19.1 Å². The van der Waals surface area contributed by atoms with Crippen molar-refractivity contribution in [3.63, 3.8) is 0 Å². The van der Waals surface area contributed by atoms with Crippen molar-refractivity contribution >= 4 is 48.4 Å². The molecule has 1 aromatic heterocycles. The number of nitriles is 1. The quantitative estimate of drug-likeness (QED) is 0.232. The third-order valence-corrected chi connectivity index (χ3v) is 7.40. The molecule has 11 nitrogen and oxygen atoms in total. The van der Waals surface area contributed by atoms with Crippen molar-refractivity contribution in [3.05, 3.63) is 29.3 Å². The predicted octanol–water partition coefficient (Wildman–Crippen LogP) is 1.86. The van der Waals surface area contributed by atoms with Crippen LogP contribution in [0.4, 0.5) is 5.13 Å². The van der Waals surface area contributed by atoms with Gasteiger partial charge in [-0.1, -0.05) is 31.3 Å². The van der Waals surface area contributed by atoms with Crippen LogP contribution in [0.5, 0.6) is 11.5 Å². The Balaban J connectivity index is 2.24. The summed E-state index contributed by atoms with van der Waals surface area (Å²) in [4.78, 5) is 12.4. The first kappa shape index (κ1) is 25.2. The predicted molar refractivity (Wildman–Crippen MR) is 117 cm³/mol. The standard InChI is InChI=1S/C18H20N4O7S3/c1-11(2)10-32(26,27)18-22-21-17(30-18)20-16(23)13(9-19)7-12-5-6-14(15(8-12)28-3)29-31(4,24)25/h5-8,11H,10H2,1-4H3,(H,20,21,23)/b13-7-. The van der Waals surface area contributed by atoms with E-state index in [9.17, 15) is 26.9 Å². The maximum absolute atomic E-state index is 12.4. The summed E-state index contributed by atoms with van der Waals surface area (Å²) in [7, 11) is -6.11. The van der Waals surface area contributed by atoms with E-state index >= 15 is 0 Å². The summed E-state index contributed by atoms with van der Waals surface area (Å²) in [6.45, 7) is 3.50. The number of rotatable bonds is 9. The number of carbonyl (C=O) groups excluding carboxylic acids is 1. The first-order valence-corrected chi connectivity index (χ1v) is 13.2. The molecule has 2 aromatic rings. The van der Waals surface area contributed by atoms with E-state index in [0.717, 1.165) is 6.26 Å². The van der Waals surface area contributed by atoms with Gasteiger partial charge in [-0.05, 0) is 29.7 Å². The lowest BCUT2D eigenvalue weighted by molar-refractivity contribution is -0.112. The molecule has 1 N–H and O–H groups in total. The van der Waals surface area contributed by atoms with Crippen molar-refractivity contribution in [1.82, 2.24) is 10.2 Å². The Kier molecular flexibility index (Phi) is 7.94. The summed E-state index contributed by atoms with van der Waals surface area (Å²) in [5.74, 6) is -1.03. The minimum atomic E-state index is -3.78. The maximum atomic E-state index is 12.4. The Hall–Kier alpha value is -3.02. The monoisotopic (exact) mass is 500 g/mol. The van der Waals surface area contributed by atoms with Crippen molar-refractivity contribution in [2.24, 2.45) is 5.92 Å². The molecule has 0 saturated heterocycles. The highest BCUT2D eigenvalue weighted by atomic mass is 32.2. The molecule has 32 heavy (non-hydrogen) atoms. The van der Waals surface area contributed by atoms with Crippen LogP contribution in [0.15, 0.2) is 28.1 Å². The number of benzene rings is 1. The highest BCUT2D eigenvalue weighted by Gasteiger charge is 2.23. The summed E-state index contributed by atoms with van der Waals surface area (Å²) in [6, 6.07) is 5.87. The Morgan fingerprint density at radius 1 is 1.25 bits per heavy atom. The summed E-state index contributed by atoms with van der Waals surface area (Å²) in [5, 5.41) is 18.9. The second kappa shape index (κ2) is 10.1. The van der Waals surface area contributed by atoms with Gasteiger partial charge in [0.2, 0.25) is 19.3 Å². The Morgan fingerprint density at radius 3 is 2.50 bits per heavy atom. The first-order chi connectivity index (χ1) is 14.8. The highest BCUT2D eigenvalue weighted by Crippen LogP contribution is 2.30. The molecule has 0 aliphatic carbocycles. The van der Waals surface area contributed by atoms with Gasteiger partial charge in [0.1, 0.15) is 11.6 Å². The SMILES string of the molecule is COc1cc(/C=C(/C#N)C(=O)Nc2nnc(S(=O)(=O)CC(C)C)s2)ccc1OS(C)(=O)=O. The van der Waals surface area contributed by atoms with Crippen LogP contribution in [-0.2, 0) is 24.7 Å². The molecule has 2 rings (SSSR count). The fraction of sp³-hybridized carbons (Fsp3) is 0.333. The zero-order valence-corrected chi connectivity index (χ0v) is 20.0. The molecule has 1 amide bonds. The third kappa shape index (κ3) is 7.01. The molecule has 0 atom stereocenters. The average molecular weight is 501 g/mol. The van der Waals surface area contributed by atoms with E-state index in [-0.39, 0.29) is 38.2 Å². The lowest BCUT2D eigenvalue weighted by Crippen LogP contribution is -2.13. The van der Waals surface area contributed by atoms with Crippen molar-refractivity contribution < 1.29 is 30.6 Å². The average Bonchev–Trinajstić information content (AvgIpc) is 3.14. The zero-order chi connectivity index (χ0) is 24.1. The number of sulfone groups is 1. The number of hydrogen-bond donors (Lipinski definition) is 1. The number of ether oxygens (including phenoxy) is 1. The second-order valence-electron chi connectivity index (χ2n) is 6.87. The van der Waals surface area contributed by atoms with Crippen molar-refractivity contribution in [2.45, 2.75) is 18.2 Å². The van der Waals surface area contributed by atoms with E-state index in [1.165, 1.54) is 31.4 Å². The number of hydrogen-bond acceptors (Lipinski definition) is 11. The lowest BCUT2D eigenvalue weighted by Gasteiger charge is -2.09. The van der Waals surface area contributed by atoms with Gasteiger partial charge in [-0.15, -0.1) is 10.2 Å². The van der Waals surface area contributed by atoms with Gasteiger partial charge >= 0.3 is 10.1 Å². The number of nitrogens with zero attached hydrogens (tertiary/aromatic N) is 3. The normalized spacial score (nSPS) is 12.3. The van der Waals surface area contributed by atoms with Crippen LogP contribution in [0.3, 0.4) is 0 Å². The molecular weight excluding hydrogens is 480 g/mol. The smallest absolute Gasteiger partial charge is 0.306 e. The van der Waals surface area contributed by atoms with Crippen LogP contribution in [0.2, 0.25) is 0 Å². The van der Waals surface area contributed by atoms with Gasteiger partial charge < -0.3 is 8.92 Å². The minimum Gasteiger partial charge on any atom is -0.493 e. The van der Waals surface area contributed by atoms with E-state index in [1.54, 1.807) is 19.9 Å². The molecule has 14 heteroatoms. The topological polar surface area (TPSA) is 165 Å². The largest absolute Gasteiger partial charge is 0.493 e. The van der Waals surface area contributed by atoms with E-state index in [4.69, 9.17) is 8.92 Å². The summed E-state index contributed by atoms with van der Waals surface area (Å²) in [5.41, 5.74) is 0.0393. The van der Waals surface area contributed by atoms with E-state index < -0.39 is 25.9 Å². The molecular formula is C18H20N4O7S3. The molecule has 0 unspecified atom stereocenters. The number of aromatic nitrogens is 2. The first-order valence-electron chi connectivity index (χ1n) is 8.91. The molecule has 1 aromatic carbocycles. The van der Waals surface area contributed by atoms with Crippen LogP contribution < -0.4 is 14.2 Å². The van der Waals surface area contributed by atoms with Gasteiger partial charge in [0.25, 0.3) is 5.91 Å². The van der Waals surface area contributed by atoms with Crippen LogP contribution in [0.25, 0.3) is 6.08 Å². The molecule has 0 fully saturated rings. The van der Waals surface area contributed by atoms with Gasteiger partial charge in [-0.2, -0.15) is 13.7 Å². The van der Waals surface area contributed by atoms with Gasteiger partial charge in [-0.3, -0.25) is 10.1 Å². The van der Waals surface area contributed by atoms with Crippen molar-refractivity contribution in [1.29, 1.82) is 5.26 Å². The summed E-state index contributed by atoms with van der Waals surface area (Å²) in [6.07, 6.45) is 2.12. The van der Waals surface area contributed by atoms with Crippen LogP contribution in [0.1, 0.15) is 19.4 Å². The molecule has 0 aliphatic rings. The molecule has 0 radical (unpaired) electrons. The van der Waals surface area contributed by atoms with Gasteiger partial charge in [-0.25, -0.2) is 8.42 Å². The van der Waals surface area contributed by atoms with Crippen LogP contribution in [0, 0.1) is 17.2 Å². The molecule has 1 heterocycles. The maximum Gasteiger partial charge on any atom is 0.306 e. The number of anilines is 1. The highest BCUT2D eigenvalue weighted by molar-refractivity contribution is 7.93. The fourth-order valence-corrected chi connectivity index (χ4v) is 5.45. The Morgan fingerprint density at radius 2 is 1.94 bits per heavy atom. The minimum absolute atomic E-state index is 0.0564. The second-order valence-corrected chi connectivity index (χ2v) is 11.6.